The van der Waals surface area contributed by atoms with Crippen LogP contribution in [-0.2, 0) is 19.4 Å². The van der Waals surface area contributed by atoms with E-state index in [2.05, 4.69) is 87.6 Å². The van der Waals surface area contributed by atoms with Crippen molar-refractivity contribution < 1.29 is 4.74 Å². The zero-order valence-corrected chi connectivity index (χ0v) is 20.4. The van der Waals surface area contributed by atoms with Crippen molar-refractivity contribution >= 4 is 0 Å². The molecule has 1 atom stereocenters. The van der Waals surface area contributed by atoms with Crippen LogP contribution in [0.1, 0.15) is 74.0 Å². The summed E-state index contributed by atoms with van der Waals surface area (Å²) in [5.41, 5.74) is 8.47. The predicted octanol–water partition coefficient (Wildman–Crippen LogP) is 7.21. The lowest BCUT2D eigenvalue weighted by Crippen LogP contribution is -2.22. The van der Waals surface area contributed by atoms with Gasteiger partial charge in [0, 0.05) is 35.5 Å². The van der Waals surface area contributed by atoms with E-state index in [9.17, 15) is 0 Å². The molecule has 1 N–H and O–H groups in total. The first-order valence-corrected chi connectivity index (χ1v) is 12.1. The Bertz CT molecular complexity index is 975. The minimum Gasteiger partial charge on any atom is -0.496 e. The van der Waals surface area contributed by atoms with Gasteiger partial charge in [0.2, 0.25) is 0 Å². The van der Waals surface area contributed by atoms with Gasteiger partial charge in [0.05, 0.1) is 12.8 Å². The van der Waals surface area contributed by atoms with Crippen LogP contribution >= 0.6 is 0 Å². The minimum atomic E-state index is 0.326. The summed E-state index contributed by atoms with van der Waals surface area (Å²) in [6.45, 7) is 9.51. The average Bonchev–Trinajstić information content (AvgIpc) is 2.84. The molecule has 0 saturated heterocycles. The van der Waals surface area contributed by atoms with Gasteiger partial charge in [-0.1, -0.05) is 82.1 Å². The molecule has 3 rings (SSSR count). The summed E-state index contributed by atoms with van der Waals surface area (Å²) in [7, 11) is 1.76. The Morgan fingerprint density at radius 2 is 1.62 bits per heavy atom. The van der Waals surface area contributed by atoms with Crippen LogP contribution in [0.15, 0.2) is 54.6 Å². The number of nitrogens with zero attached hydrogens (tertiary/aromatic N) is 1. The molecule has 3 aromatic rings. The van der Waals surface area contributed by atoms with Crippen LogP contribution in [0.4, 0.5) is 0 Å². The highest BCUT2D eigenvalue weighted by atomic mass is 16.5. The molecule has 0 aliphatic rings. The van der Waals surface area contributed by atoms with Gasteiger partial charge < -0.3 is 10.1 Å². The van der Waals surface area contributed by atoms with Crippen molar-refractivity contribution in [2.24, 2.45) is 0 Å². The van der Waals surface area contributed by atoms with Gasteiger partial charge in [-0.05, 0) is 42.9 Å². The largest absolute Gasteiger partial charge is 0.496 e. The first-order chi connectivity index (χ1) is 15.6. The fraction of sp³-hybridized carbons (Fsp3) is 0.414. The van der Waals surface area contributed by atoms with E-state index in [-0.39, 0.29) is 0 Å². The van der Waals surface area contributed by atoms with Crippen molar-refractivity contribution in [2.75, 3.05) is 7.11 Å². The Morgan fingerprint density at radius 1 is 0.938 bits per heavy atom. The lowest BCUT2D eigenvalue weighted by Gasteiger charge is -2.22. The number of unbranched alkanes of at least 4 members (excludes halogenated alkanes) is 1. The number of ether oxygens (including phenoxy) is 1. The number of rotatable bonds is 11. The zero-order valence-electron chi connectivity index (χ0n) is 20.4. The Balaban J connectivity index is 1.92. The van der Waals surface area contributed by atoms with Crippen LogP contribution in [0.2, 0.25) is 0 Å². The van der Waals surface area contributed by atoms with Gasteiger partial charge in [0.1, 0.15) is 5.75 Å². The Hall–Kier alpha value is -2.65. The minimum absolute atomic E-state index is 0.326. The van der Waals surface area contributed by atoms with E-state index in [4.69, 9.17) is 9.72 Å². The van der Waals surface area contributed by atoms with Crippen molar-refractivity contribution in [3.05, 3.63) is 82.5 Å². The highest BCUT2D eigenvalue weighted by Crippen LogP contribution is 2.33. The normalized spacial score (nSPS) is 12.0. The lowest BCUT2D eigenvalue weighted by atomic mass is 9.94. The van der Waals surface area contributed by atoms with Gasteiger partial charge in [0.25, 0.3) is 0 Å². The van der Waals surface area contributed by atoms with E-state index in [0.29, 0.717) is 6.04 Å². The quantitative estimate of drug-likeness (QED) is 0.349. The number of methoxy groups -OCH3 is 1. The zero-order chi connectivity index (χ0) is 22.9. The molecule has 2 aromatic carbocycles. The first kappa shape index (κ1) is 24.0. The van der Waals surface area contributed by atoms with Gasteiger partial charge in [-0.25, -0.2) is 0 Å². The summed E-state index contributed by atoms with van der Waals surface area (Å²) >= 11 is 0. The summed E-state index contributed by atoms with van der Waals surface area (Å²) in [5.74, 6) is 0.912. The third-order valence-corrected chi connectivity index (χ3v) is 6.34. The fourth-order valence-electron chi connectivity index (χ4n) is 4.47. The van der Waals surface area contributed by atoms with Crippen LogP contribution in [0.3, 0.4) is 0 Å². The third-order valence-electron chi connectivity index (χ3n) is 6.34. The van der Waals surface area contributed by atoms with Gasteiger partial charge in [-0.3, -0.25) is 4.98 Å². The maximum absolute atomic E-state index is 5.87. The fourth-order valence-corrected chi connectivity index (χ4v) is 4.47. The van der Waals surface area contributed by atoms with Gasteiger partial charge in [0.15, 0.2) is 0 Å². The molecule has 3 nitrogen and oxygen atoms in total. The molecule has 0 amide bonds. The predicted molar refractivity (Wildman–Crippen MR) is 135 cm³/mol. The highest BCUT2D eigenvalue weighted by molar-refractivity contribution is 5.70. The monoisotopic (exact) mass is 430 g/mol. The summed E-state index contributed by atoms with van der Waals surface area (Å²) < 4.78 is 5.87. The maximum Gasteiger partial charge on any atom is 0.127 e. The number of hydrogen-bond donors (Lipinski definition) is 1. The van der Waals surface area contributed by atoms with Crippen LogP contribution < -0.4 is 10.1 Å². The van der Waals surface area contributed by atoms with E-state index in [1.807, 2.05) is 0 Å². The molecule has 1 heterocycles. The molecule has 3 heteroatoms. The third kappa shape index (κ3) is 5.58. The van der Waals surface area contributed by atoms with Crippen molar-refractivity contribution in [1.29, 1.82) is 0 Å². The lowest BCUT2D eigenvalue weighted by molar-refractivity contribution is 0.401. The summed E-state index contributed by atoms with van der Waals surface area (Å²) in [5, 5.41) is 3.79. The maximum atomic E-state index is 5.87. The van der Waals surface area contributed by atoms with Crippen LogP contribution in [0, 0.1) is 6.92 Å². The number of pyridine rings is 1. The van der Waals surface area contributed by atoms with E-state index >= 15 is 0 Å². The Morgan fingerprint density at radius 3 is 2.22 bits per heavy atom. The molecular formula is C29H38N2O. The van der Waals surface area contributed by atoms with Crippen LogP contribution in [-0.4, -0.2) is 12.1 Å². The molecule has 0 aliphatic heterocycles. The topological polar surface area (TPSA) is 34.1 Å². The molecule has 0 bridgehead atoms. The SMILES string of the molecule is CCCCC(NCc1c(OC)cc(-c2c(CC)cccc2CC)nc1C)c1ccccc1. The Labute approximate surface area is 194 Å². The highest BCUT2D eigenvalue weighted by Gasteiger charge is 2.17. The molecule has 170 valence electrons. The van der Waals surface area contributed by atoms with Crippen molar-refractivity contribution in [3.63, 3.8) is 0 Å². The van der Waals surface area contributed by atoms with E-state index < -0.39 is 0 Å². The van der Waals surface area contributed by atoms with Crippen molar-refractivity contribution in [2.45, 2.75) is 72.4 Å². The number of benzene rings is 2. The van der Waals surface area contributed by atoms with E-state index in [0.717, 1.165) is 48.5 Å². The van der Waals surface area contributed by atoms with E-state index in [1.165, 1.54) is 35.1 Å². The molecule has 0 saturated carbocycles. The standard InChI is InChI=1S/C29H38N2O/c1-6-9-18-26(24-14-11-10-12-15-24)30-20-25-21(4)31-27(19-28(25)32-5)29-22(7-2)16-13-17-23(29)8-3/h10-17,19,26,30H,6-9,18,20H2,1-5H3. The number of hydrogen-bond acceptors (Lipinski definition) is 3. The van der Waals surface area contributed by atoms with Crippen molar-refractivity contribution in [3.8, 4) is 17.0 Å². The average molecular weight is 431 g/mol. The smallest absolute Gasteiger partial charge is 0.127 e. The molecule has 0 fully saturated rings. The van der Waals surface area contributed by atoms with Crippen LogP contribution in [0.25, 0.3) is 11.3 Å². The second-order valence-corrected chi connectivity index (χ2v) is 8.42. The second kappa shape index (κ2) is 11.8. The number of aryl methyl sites for hydroxylation is 3. The molecule has 0 aliphatic carbocycles. The summed E-state index contributed by atoms with van der Waals surface area (Å²) in [6, 6.07) is 19.8. The first-order valence-electron chi connectivity index (χ1n) is 12.1. The van der Waals surface area contributed by atoms with E-state index in [1.54, 1.807) is 7.11 Å². The second-order valence-electron chi connectivity index (χ2n) is 8.42. The number of nitrogens with one attached hydrogen (secondary N) is 1. The van der Waals surface area contributed by atoms with Gasteiger partial charge in [-0.2, -0.15) is 0 Å². The molecule has 1 unspecified atom stereocenters. The summed E-state index contributed by atoms with van der Waals surface area (Å²) in [6.07, 6.45) is 5.50. The molecular weight excluding hydrogens is 392 g/mol. The van der Waals surface area contributed by atoms with Crippen molar-refractivity contribution in [1.82, 2.24) is 10.3 Å². The molecule has 1 aromatic heterocycles. The van der Waals surface area contributed by atoms with Gasteiger partial charge in [-0.15, -0.1) is 0 Å². The number of aromatic nitrogens is 1. The molecule has 0 radical (unpaired) electrons. The van der Waals surface area contributed by atoms with Crippen LogP contribution in [0.5, 0.6) is 5.75 Å². The summed E-state index contributed by atoms with van der Waals surface area (Å²) in [4.78, 5) is 5.06. The molecule has 32 heavy (non-hydrogen) atoms. The van der Waals surface area contributed by atoms with Gasteiger partial charge >= 0.3 is 0 Å². The molecule has 0 spiro atoms. The Kier molecular flexibility index (Phi) is 8.87.